The number of aliphatic hydroxyl groups excluding tert-OH is 1. The minimum atomic E-state index is -0.430. The van der Waals surface area contributed by atoms with Gasteiger partial charge in [0, 0.05) is 11.6 Å². The summed E-state index contributed by atoms with van der Waals surface area (Å²) in [6.07, 6.45) is 3.27. The molecule has 0 amide bonds. The molecular formula is C11H26N2O. The molecule has 0 rings (SSSR count). The van der Waals surface area contributed by atoms with Gasteiger partial charge in [0.1, 0.15) is 0 Å². The number of nitrogens with two attached hydrogens (primary N) is 1. The molecule has 0 heterocycles. The standard InChI is InChI=1S/C11H26N2O/c1-5-6-10(2)13(4)8-7-11(3,12)9-14/h10,14H,5-9,12H2,1-4H3. The summed E-state index contributed by atoms with van der Waals surface area (Å²) in [7, 11) is 2.12. The van der Waals surface area contributed by atoms with E-state index in [1.54, 1.807) is 0 Å². The summed E-state index contributed by atoms with van der Waals surface area (Å²) in [5.41, 5.74) is 5.43. The van der Waals surface area contributed by atoms with Gasteiger partial charge in [0.05, 0.1) is 6.61 Å². The van der Waals surface area contributed by atoms with Crippen molar-refractivity contribution in [2.45, 2.75) is 51.6 Å². The van der Waals surface area contributed by atoms with Gasteiger partial charge in [-0.1, -0.05) is 13.3 Å². The minimum absolute atomic E-state index is 0.0585. The fourth-order valence-corrected chi connectivity index (χ4v) is 1.37. The van der Waals surface area contributed by atoms with Crippen molar-refractivity contribution in [3.05, 3.63) is 0 Å². The summed E-state index contributed by atoms with van der Waals surface area (Å²) in [4.78, 5) is 2.31. The minimum Gasteiger partial charge on any atom is -0.394 e. The second-order valence-electron chi connectivity index (χ2n) is 4.68. The van der Waals surface area contributed by atoms with Crippen molar-refractivity contribution in [2.24, 2.45) is 5.73 Å². The average Bonchev–Trinajstić information content (AvgIpc) is 2.15. The largest absolute Gasteiger partial charge is 0.394 e. The van der Waals surface area contributed by atoms with Crippen molar-refractivity contribution in [2.75, 3.05) is 20.2 Å². The zero-order chi connectivity index (χ0) is 11.2. The first-order chi connectivity index (χ1) is 6.43. The Hall–Kier alpha value is -0.120. The highest BCUT2D eigenvalue weighted by Gasteiger charge is 2.18. The molecule has 3 nitrogen and oxygen atoms in total. The van der Waals surface area contributed by atoms with Gasteiger partial charge >= 0.3 is 0 Å². The number of aliphatic hydroxyl groups is 1. The van der Waals surface area contributed by atoms with Gasteiger partial charge in [-0.3, -0.25) is 0 Å². The van der Waals surface area contributed by atoms with Gasteiger partial charge < -0.3 is 15.7 Å². The van der Waals surface area contributed by atoms with Crippen molar-refractivity contribution in [1.29, 1.82) is 0 Å². The van der Waals surface area contributed by atoms with E-state index in [4.69, 9.17) is 10.8 Å². The third kappa shape index (κ3) is 5.58. The molecule has 0 saturated carbocycles. The molecule has 0 saturated heterocycles. The lowest BCUT2D eigenvalue weighted by Crippen LogP contribution is -2.44. The monoisotopic (exact) mass is 202 g/mol. The summed E-state index contributed by atoms with van der Waals surface area (Å²) in [5.74, 6) is 0. The Morgan fingerprint density at radius 3 is 2.50 bits per heavy atom. The Morgan fingerprint density at radius 1 is 1.50 bits per heavy atom. The maximum Gasteiger partial charge on any atom is 0.0608 e. The second-order valence-corrected chi connectivity index (χ2v) is 4.68. The Labute approximate surface area is 88.3 Å². The first-order valence-electron chi connectivity index (χ1n) is 5.53. The first-order valence-corrected chi connectivity index (χ1v) is 5.53. The van der Waals surface area contributed by atoms with Gasteiger partial charge in [0.25, 0.3) is 0 Å². The highest BCUT2D eigenvalue weighted by molar-refractivity contribution is 4.79. The van der Waals surface area contributed by atoms with Gasteiger partial charge in [-0.15, -0.1) is 0 Å². The van der Waals surface area contributed by atoms with Crippen LogP contribution in [-0.4, -0.2) is 41.8 Å². The van der Waals surface area contributed by atoms with Crippen LogP contribution < -0.4 is 5.73 Å². The summed E-state index contributed by atoms with van der Waals surface area (Å²) in [5, 5.41) is 9.01. The van der Waals surface area contributed by atoms with Crippen LogP contribution in [0.2, 0.25) is 0 Å². The van der Waals surface area contributed by atoms with Crippen LogP contribution in [0.15, 0.2) is 0 Å². The van der Waals surface area contributed by atoms with Crippen LogP contribution in [0.1, 0.15) is 40.0 Å². The summed E-state index contributed by atoms with van der Waals surface area (Å²) in [6, 6.07) is 0.606. The molecule has 3 heteroatoms. The van der Waals surface area contributed by atoms with Gasteiger partial charge in [0.15, 0.2) is 0 Å². The van der Waals surface area contributed by atoms with E-state index in [0.29, 0.717) is 6.04 Å². The summed E-state index contributed by atoms with van der Waals surface area (Å²) in [6.45, 7) is 7.34. The van der Waals surface area contributed by atoms with E-state index in [2.05, 4.69) is 25.8 Å². The number of nitrogens with zero attached hydrogens (tertiary/aromatic N) is 1. The van der Waals surface area contributed by atoms with Crippen molar-refractivity contribution >= 4 is 0 Å². The highest BCUT2D eigenvalue weighted by atomic mass is 16.3. The maximum absolute atomic E-state index is 9.01. The molecule has 0 bridgehead atoms. The molecule has 2 unspecified atom stereocenters. The molecule has 0 aliphatic carbocycles. The van der Waals surface area contributed by atoms with E-state index < -0.39 is 5.54 Å². The van der Waals surface area contributed by atoms with Crippen molar-refractivity contribution in [3.8, 4) is 0 Å². The van der Waals surface area contributed by atoms with Crippen LogP contribution in [0.3, 0.4) is 0 Å². The van der Waals surface area contributed by atoms with Crippen LogP contribution in [0.4, 0.5) is 0 Å². The number of hydrogen-bond acceptors (Lipinski definition) is 3. The van der Waals surface area contributed by atoms with Crippen LogP contribution in [0, 0.1) is 0 Å². The SMILES string of the molecule is CCCC(C)N(C)CCC(C)(N)CO. The Morgan fingerprint density at radius 2 is 2.07 bits per heavy atom. The molecule has 0 aliphatic heterocycles. The maximum atomic E-state index is 9.01. The number of rotatable bonds is 7. The molecule has 0 spiro atoms. The molecule has 0 aromatic rings. The van der Waals surface area contributed by atoms with E-state index in [0.717, 1.165) is 13.0 Å². The van der Waals surface area contributed by atoms with E-state index >= 15 is 0 Å². The van der Waals surface area contributed by atoms with Crippen LogP contribution in [0.25, 0.3) is 0 Å². The molecule has 3 N–H and O–H groups in total. The van der Waals surface area contributed by atoms with Crippen molar-refractivity contribution < 1.29 is 5.11 Å². The predicted molar refractivity (Wildman–Crippen MR) is 61.3 cm³/mol. The van der Waals surface area contributed by atoms with Gasteiger partial charge in [-0.2, -0.15) is 0 Å². The molecule has 14 heavy (non-hydrogen) atoms. The van der Waals surface area contributed by atoms with E-state index in [1.165, 1.54) is 12.8 Å². The average molecular weight is 202 g/mol. The zero-order valence-electron chi connectivity index (χ0n) is 10.1. The molecule has 0 aromatic carbocycles. The number of hydrogen-bond donors (Lipinski definition) is 2. The van der Waals surface area contributed by atoms with Crippen molar-refractivity contribution in [3.63, 3.8) is 0 Å². The van der Waals surface area contributed by atoms with Crippen molar-refractivity contribution in [1.82, 2.24) is 4.90 Å². The zero-order valence-corrected chi connectivity index (χ0v) is 10.1. The third-order valence-electron chi connectivity index (χ3n) is 2.86. The molecule has 86 valence electrons. The fraction of sp³-hybridized carbons (Fsp3) is 1.00. The second kappa shape index (κ2) is 6.38. The van der Waals surface area contributed by atoms with Gasteiger partial charge in [-0.25, -0.2) is 0 Å². The quantitative estimate of drug-likeness (QED) is 0.652. The molecule has 0 aromatic heterocycles. The fourth-order valence-electron chi connectivity index (χ4n) is 1.37. The normalized spacial score (nSPS) is 18.2. The van der Waals surface area contributed by atoms with E-state index in [1.807, 2.05) is 6.92 Å². The smallest absolute Gasteiger partial charge is 0.0608 e. The predicted octanol–water partition coefficient (Wildman–Crippen LogP) is 1.21. The Kier molecular flexibility index (Phi) is 6.33. The lowest BCUT2D eigenvalue weighted by Gasteiger charge is -2.29. The highest BCUT2D eigenvalue weighted by Crippen LogP contribution is 2.09. The lowest BCUT2D eigenvalue weighted by molar-refractivity contribution is 0.168. The summed E-state index contributed by atoms with van der Waals surface area (Å²) >= 11 is 0. The molecule has 0 radical (unpaired) electrons. The lowest BCUT2D eigenvalue weighted by atomic mass is 10.00. The van der Waals surface area contributed by atoms with E-state index in [9.17, 15) is 0 Å². The Balaban J connectivity index is 3.77. The molecule has 2 atom stereocenters. The van der Waals surface area contributed by atoms with Crippen LogP contribution in [-0.2, 0) is 0 Å². The molecule has 0 aliphatic rings. The molecule has 0 fully saturated rings. The van der Waals surface area contributed by atoms with Gasteiger partial charge in [0.2, 0.25) is 0 Å². The third-order valence-corrected chi connectivity index (χ3v) is 2.86. The van der Waals surface area contributed by atoms with Gasteiger partial charge in [-0.05, 0) is 40.3 Å². The topological polar surface area (TPSA) is 49.5 Å². The first kappa shape index (κ1) is 13.9. The van der Waals surface area contributed by atoms with E-state index in [-0.39, 0.29) is 6.61 Å². The molecular weight excluding hydrogens is 176 g/mol. The summed E-state index contributed by atoms with van der Waals surface area (Å²) < 4.78 is 0. The van der Waals surface area contributed by atoms with Crippen LogP contribution >= 0.6 is 0 Å². The van der Waals surface area contributed by atoms with Crippen LogP contribution in [0.5, 0.6) is 0 Å². The Bertz CT molecular complexity index is 148.